The normalized spacial score (nSPS) is 19.0. The molecule has 1 saturated carbocycles. The molecule has 1 aromatic carbocycles. The van der Waals surface area contributed by atoms with Crippen molar-refractivity contribution in [1.29, 1.82) is 0 Å². The Morgan fingerprint density at radius 3 is 2.81 bits per heavy atom. The van der Waals surface area contributed by atoms with Gasteiger partial charge in [0.15, 0.2) is 5.78 Å². The summed E-state index contributed by atoms with van der Waals surface area (Å²) in [6, 6.07) is 5.80. The first kappa shape index (κ1) is 14.8. The van der Waals surface area contributed by atoms with Gasteiger partial charge < -0.3 is 4.90 Å². The van der Waals surface area contributed by atoms with Crippen LogP contribution in [0.5, 0.6) is 0 Å². The first-order chi connectivity index (χ1) is 10.1. The minimum Gasteiger partial charge on any atom is -0.312 e. The summed E-state index contributed by atoms with van der Waals surface area (Å²) in [5.41, 5.74) is 2.90. The van der Waals surface area contributed by atoms with Crippen LogP contribution in [0.4, 0.5) is 5.69 Å². The van der Waals surface area contributed by atoms with E-state index in [9.17, 15) is 9.59 Å². The second-order valence-electron chi connectivity index (χ2n) is 5.95. The van der Waals surface area contributed by atoms with Gasteiger partial charge in [0.25, 0.3) is 0 Å². The molecule has 1 aromatic rings. The molecule has 1 aliphatic carbocycles. The number of hydrogen-bond acceptors (Lipinski definition) is 2. The van der Waals surface area contributed by atoms with Crippen molar-refractivity contribution < 1.29 is 9.59 Å². The largest absolute Gasteiger partial charge is 0.312 e. The summed E-state index contributed by atoms with van der Waals surface area (Å²) in [7, 11) is 0. The van der Waals surface area contributed by atoms with E-state index in [4.69, 9.17) is 0 Å². The monoisotopic (exact) mass is 349 g/mol. The van der Waals surface area contributed by atoms with Gasteiger partial charge in [-0.2, -0.15) is 0 Å². The van der Waals surface area contributed by atoms with Gasteiger partial charge in [-0.3, -0.25) is 9.59 Å². The molecule has 0 spiro atoms. The number of fused-ring (bicyclic) bond motifs is 1. The molecule has 0 aromatic heterocycles. The van der Waals surface area contributed by atoms with Gasteiger partial charge in [-0.05, 0) is 55.9 Å². The zero-order chi connectivity index (χ0) is 15.0. The van der Waals surface area contributed by atoms with Crippen LogP contribution in [0.25, 0.3) is 0 Å². The van der Waals surface area contributed by atoms with Crippen LogP contribution in [-0.4, -0.2) is 23.1 Å². The van der Waals surface area contributed by atoms with E-state index in [1.165, 1.54) is 0 Å². The number of anilines is 1. The second kappa shape index (κ2) is 5.91. The van der Waals surface area contributed by atoms with E-state index in [1.54, 1.807) is 0 Å². The lowest BCUT2D eigenvalue weighted by Gasteiger charge is -2.30. The van der Waals surface area contributed by atoms with Gasteiger partial charge in [0.1, 0.15) is 0 Å². The Morgan fingerprint density at radius 1 is 1.38 bits per heavy atom. The molecule has 3 nitrogen and oxygen atoms in total. The fourth-order valence-corrected chi connectivity index (χ4v) is 3.16. The molecule has 1 heterocycles. The van der Waals surface area contributed by atoms with Crippen LogP contribution in [0, 0.1) is 5.92 Å². The fourth-order valence-electron chi connectivity index (χ4n) is 2.90. The number of benzene rings is 1. The highest BCUT2D eigenvalue weighted by molar-refractivity contribution is 9.10. The standard InChI is InChI=1S/C17H20BrNO2/c1-2-14(18)16(20)13-7-8-15-12(10-13)4-3-9-19(15)17(21)11-5-6-11/h7-8,10-11,14H,2-6,9H2,1H3. The van der Waals surface area contributed by atoms with E-state index >= 15 is 0 Å². The van der Waals surface area contributed by atoms with Gasteiger partial charge >= 0.3 is 0 Å². The Hall–Kier alpha value is -1.16. The smallest absolute Gasteiger partial charge is 0.230 e. The quantitative estimate of drug-likeness (QED) is 0.613. The lowest BCUT2D eigenvalue weighted by molar-refractivity contribution is -0.119. The van der Waals surface area contributed by atoms with Crippen molar-refractivity contribution in [3.05, 3.63) is 29.3 Å². The molecule has 1 unspecified atom stereocenters. The summed E-state index contributed by atoms with van der Waals surface area (Å²) in [5.74, 6) is 0.636. The molecular weight excluding hydrogens is 330 g/mol. The maximum absolute atomic E-state index is 12.3. The van der Waals surface area contributed by atoms with E-state index < -0.39 is 0 Å². The van der Waals surface area contributed by atoms with Crippen LogP contribution >= 0.6 is 15.9 Å². The number of nitrogens with zero attached hydrogens (tertiary/aromatic N) is 1. The number of aryl methyl sites for hydroxylation is 1. The molecule has 2 aliphatic rings. The number of rotatable bonds is 4. The van der Waals surface area contributed by atoms with Crippen LogP contribution in [-0.2, 0) is 11.2 Å². The average molecular weight is 350 g/mol. The molecule has 1 atom stereocenters. The van der Waals surface area contributed by atoms with Gasteiger partial charge in [-0.1, -0.05) is 22.9 Å². The van der Waals surface area contributed by atoms with Crippen molar-refractivity contribution in [3.8, 4) is 0 Å². The first-order valence-corrected chi connectivity index (χ1v) is 8.66. The number of carbonyl (C=O) groups is 2. The third-order valence-corrected chi connectivity index (χ3v) is 5.38. The van der Waals surface area contributed by atoms with E-state index in [-0.39, 0.29) is 22.4 Å². The van der Waals surface area contributed by atoms with Crippen LogP contribution in [0.2, 0.25) is 0 Å². The minimum absolute atomic E-state index is 0.122. The predicted octanol–water partition coefficient (Wildman–Crippen LogP) is 3.73. The van der Waals surface area contributed by atoms with Crippen molar-refractivity contribution in [1.82, 2.24) is 0 Å². The van der Waals surface area contributed by atoms with E-state index in [2.05, 4.69) is 15.9 Å². The van der Waals surface area contributed by atoms with E-state index in [0.717, 1.165) is 55.5 Å². The van der Waals surface area contributed by atoms with Crippen LogP contribution < -0.4 is 4.90 Å². The fraction of sp³-hybridized carbons (Fsp3) is 0.529. The lowest BCUT2D eigenvalue weighted by Crippen LogP contribution is -2.36. The highest BCUT2D eigenvalue weighted by Crippen LogP contribution is 2.36. The van der Waals surface area contributed by atoms with Crippen LogP contribution in [0.1, 0.15) is 48.5 Å². The highest BCUT2D eigenvalue weighted by atomic mass is 79.9. The molecular formula is C17H20BrNO2. The zero-order valence-electron chi connectivity index (χ0n) is 12.3. The van der Waals surface area contributed by atoms with Gasteiger partial charge in [0, 0.05) is 23.7 Å². The van der Waals surface area contributed by atoms with Crippen molar-refractivity contribution in [2.75, 3.05) is 11.4 Å². The minimum atomic E-state index is -0.122. The van der Waals surface area contributed by atoms with Gasteiger partial charge in [-0.25, -0.2) is 0 Å². The van der Waals surface area contributed by atoms with E-state index in [1.807, 2.05) is 30.0 Å². The van der Waals surface area contributed by atoms with Crippen molar-refractivity contribution in [2.24, 2.45) is 5.92 Å². The number of carbonyl (C=O) groups excluding carboxylic acids is 2. The number of halogens is 1. The highest BCUT2D eigenvalue weighted by Gasteiger charge is 2.35. The van der Waals surface area contributed by atoms with E-state index in [0.29, 0.717) is 0 Å². The number of ketones is 1. The lowest BCUT2D eigenvalue weighted by atomic mass is 9.96. The van der Waals surface area contributed by atoms with Gasteiger partial charge in [-0.15, -0.1) is 0 Å². The van der Waals surface area contributed by atoms with Crippen LogP contribution in [0.15, 0.2) is 18.2 Å². The zero-order valence-corrected chi connectivity index (χ0v) is 13.9. The number of amides is 1. The summed E-state index contributed by atoms with van der Waals surface area (Å²) in [6.45, 7) is 2.80. The molecule has 0 saturated heterocycles. The van der Waals surface area contributed by atoms with Gasteiger partial charge in [0.05, 0.1) is 4.83 Å². The predicted molar refractivity (Wildman–Crippen MR) is 87.2 cm³/mol. The summed E-state index contributed by atoms with van der Waals surface area (Å²) in [5, 5.41) is 0. The number of alkyl halides is 1. The third-order valence-electron chi connectivity index (χ3n) is 4.32. The summed E-state index contributed by atoms with van der Waals surface area (Å²) in [4.78, 5) is 26.4. The van der Waals surface area contributed by atoms with Gasteiger partial charge in [0.2, 0.25) is 5.91 Å². The summed E-state index contributed by atoms with van der Waals surface area (Å²) < 4.78 is 0. The Labute approximate surface area is 133 Å². The summed E-state index contributed by atoms with van der Waals surface area (Å²) in [6.07, 6.45) is 4.77. The molecule has 3 rings (SSSR count). The Kier molecular flexibility index (Phi) is 4.16. The molecule has 0 N–H and O–H groups in total. The molecule has 1 amide bonds. The van der Waals surface area contributed by atoms with Crippen molar-refractivity contribution in [3.63, 3.8) is 0 Å². The molecule has 1 aliphatic heterocycles. The Morgan fingerprint density at radius 2 is 2.14 bits per heavy atom. The molecule has 1 fully saturated rings. The third kappa shape index (κ3) is 2.91. The topological polar surface area (TPSA) is 37.4 Å². The molecule has 4 heteroatoms. The van der Waals surface area contributed by atoms with Crippen LogP contribution in [0.3, 0.4) is 0 Å². The SMILES string of the molecule is CCC(Br)C(=O)c1ccc2c(c1)CCCN2C(=O)C1CC1. The maximum Gasteiger partial charge on any atom is 0.230 e. The van der Waals surface area contributed by atoms with Crippen molar-refractivity contribution in [2.45, 2.75) is 43.9 Å². The molecule has 21 heavy (non-hydrogen) atoms. The Balaban J connectivity index is 1.88. The average Bonchev–Trinajstić information content (AvgIpc) is 3.36. The first-order valence-electron chi connectivity index (χ1n) is 7.74. The molecule has 0 bridgehead atoms. The molecule has 112 valence electrons. The number of Topliss-reactive ketones (excluding diaryl/α,β-unsaturated/α-hetero) is 1. The molecule has 0 radical (unpaired) electrons. The van der Waals surface area contributed by atoms with Crippen molar-refractivity contribution >= 4 is 33.3 Å². The number of hydrogen-bond donors (Lipinski definition) is 0. The Bertz CT molecular complexity index is 580. The maximum atomic E-state index is 12.3. The summed E-state index contributed by atoms with van der Waals surface area (Å²) >= 11 is 3.42. The second-order valence-corrected chi connectivity index (χ2v) is 7.06.